The molecular formula is C21H40N4O3. The second kappa shape index (κ2) is 12.3. The Bertz CT molecular complexity index is 482. The molecule has 0 aromatic heterocycles. The zero-order valence-electron chi connectivity index (χ0n) is 18.3. The van der Waals surface area contributed by atoms with Crippen molar-refractivity contribution in [3.8, 4) is 0 Å². The second-order valence-electron chi connectivity index (χ2n) is 7.73. The van der Waals surface area contributed by atoms with E-state index in [0.29, 0.717) is 18.6 Å². The van der Waals surface area contributed by atoms with E-state index in [4.69, 9.17) is 9.47 Å². The third-order valence-electron chi connectivity index (χ3n) is 6.20. The van der Waals surface area contributed by atoms with Crippen LogP contribution < -0.4 is 5.32 Å². The summed E-state index contributed by atoms with van der Waals surface area (Å²) in [5.41, 5.74) is 0. The van der Waals surface area contributed by atoms with Crippen LogP contribution in [0.2, 0.25) is 0 Å². The molecule has 7 heteroatoms. The summed E-state index contributed by atoms with van der Waals surface area (Å²) in [6.45, 7) is 13.2. The predicted octanol–water partition coefficient (Wildman–Crippen LogP) is 1.97. The number of ether oxygens (including phenoxy) is 2. The number of aliphatic imine (C=N–C) groups is 1. The van der Waals surface area contributed by atoms with Gasteiger partial charge in [0.15, 0.2) is 5.96 Å². The Labute approximate surface area is 170 Å². The third kappa shape index (κ3) is 6.34. The van der Waals surface area contributed by atoms with Crippen molar-refractivity contribution < 1.29 is 14.3 Å². The Morgan fingerprint density at radius 1 is 1.14 bits per heavy atom. The van der Waals surface area contributed by atoms with Gasteiger partial charge in [-0.2, -0.15) is 0 Å². The van der Waals surface area contributed by atoms with Crippen LogP contribution in [0, 0.1) is 11.8 Å². The molecule has 1 atom stereocenters. The van der Waals surface area contributed by atoms with Gasteiger partial charge in [-0.25, -0.2) is 0 Å². The molecule has 162 valence electrons. The maximum Gasteiger partial charge on any atom is 0.309 e. The first-order valence-corrected chi connectivity index (χ1v) is 11.1. The zero-order chi connectivity index (χ0) is 20.4. The number of guanidine groups is 1. The van der Waals surface area contributed by atoms with E-state index in [1.807, 2.05) is 14.0 Å². The highest BCUT2D eigenvalue weighted by atomic mass is 16.5. The van der Waals surface area contributed by atoms with Gasteiger partial charge in [0, 0.05) is 45.8 Å². The number of hydrogen-bond donors (Lipinski definition) is 1. The molecule has 2 heterocycles. The van der Waals surface area contributed by atoms with Crippen LogP contribution >= 0.6 is 0 Å². The standard InChI is InChI=1S/C21H40N4O3/c1-5-17(6-2)19(24-12-14-27-15-13-24)16-23-21(22-4)25-10-8-18(9-11-25)20(26)28-7-3/h17-19H,5-16H2,1-4H3,(H,22,23). The minimum atomic E-state index is -0.0498. The molecule has 0 bridgehead atoms. The van der Waals surface area contributed by atoms with E-state index in [1.54, 1.807) is 0 Å². The lowest BCUT2D eigenvalue weighted by Crippen LogP contribution is -2.54. The second-order valence-corrected chi connectivity index (χ2v) is 7.73. The van der Waals surface area contributed by atoms with Crippen LogP contribution in [0.25, 0.3) is 0 Å². The van der Waals surface area contributed by atoms with E-state index in [9.17, 15) is 4.79 Å². The van der Waals surface area contributed by atoms with Gasteiger partial charge in [0.05, 0.1) is 25.7 Å². The van der Waals surface area contributed by atoms with E-state index in [2.05, 4.69) is 34.0 Å². The molecule has 2 aliphatic heterocycles. The van der Waals surface area contributed by atoms with E-state index in [0.717, 1.165) is 64.7 Å². The van der Waals surface area contributed by atoms with E-state index in [1.165, 1.54) is 12.8 Å². The minimum absolute atomic E-state index is 0.0277. The summed E-state index contributed by atoms with van der Waals surface area (Å²) in [6, 6.07) is 0.493. The first-order chi connectivity index (χ1) is 13.6. The quantitative estimate of drug-likeness (QED) is 0.384. The van der Waals surface area contributed by atoms with Crippen molar-refractivity contribution in [1.82, 2.24) is 15.1 Å². The maximum atomic E-state index is 12.0. The Morgan fingerprint density at radius 2 is 1.79 bits per heavy atom. The highest BCUT2D eigenvalue weighted by molar-refractivity contribution is 5.80. The number of hydrogen-bond acceptors (Lipinski definition) is 5. The SMILES string of the molecule is CCOC(=O)C1CCN(C(=NC)NCC(C(CC)CC)N2CCOCC2)CC1. The fourth-order valence-corrected chi connectivity index (χ4v) is 4.45. The lowest BCUT2D eigenvalue weighted by Gasteiger charge is -2.40. The molecule has 0 amide bonds. The average molecular weight is 397 g/mol. The van der Waals surface area contributed by atoms with Gasteiger partial charge in [-0.15, -0.1) is 0 Å². The molecule has 2 saturated heterocycles. The molecule has 7 nitrogen and oxygen atoms in total. The molecule has 2 rings (SSSR count). The van der Waals surface area contributed by atoms with Crippen LogP contribution in [-0.2, 0) is 14.3 Å². The van der Waals surface area contributed by atoms with Crippen LogP contribution in [-0.4, -0.2) is 87.4 Å². The highest BCUT2D eigenvalue weighted by Crippen LogP contribution is 2.21. The van der Waals surface area contributed by atoms with Crippen molar-refractivity contribution in [3.63, 3.8) is 0 Å². The first-order valence-electron chi connectivity index (χ1n) is 11.1. The summed E-state index contributed by atoms with van der Waals surface area (Å²) in [4.78, 5) is 21.3. The van der Waals surface area contributed by atoms with Gasteiger partial charge in [-0.1, -0.05) is 26.7 Å². The molecule has 0 aliphatic carbocycles. The number of carbonyl (C=O) groups excluding carboxylic acids is 1. The molecule has 1 N–H and O–H groups in total. The van der Waals surface area contributed by atoms with Crippen molar-refractivity contribution in [2.45, 2.75) is 52.5 Å². The van der Waals surface area contributed by atoms with Crippen molar-refractivity contribution in [1.29, 1.82) is 0 Å². The van der Waals surface area contributed by atoms with Crippen LogP contribution in [0.15, 0.2) is 4.99 Å². The van der Waals surface area contributed by atoms with Crippen LogP contribution in [0.4, 0.5) is 0 Å². The van der Waals surface area contributed by atoms with Gasteiger partial charge in [-0.05, 0) is 25.7 Å². The number of esters is 1. The Morgan fingerprint density at radius 3 is 2.32 bits per heavy atom. The fourth-order valence-electron chi connectivity index (χ4n) is 4.45. The third-order valence-corrected chi connectivity index (χ3v) is 6.20. The summed E-state index contributed by atoms with van der Waals surface area (Å²) in [7, 11) is 1.85. The number of piperidine rings is 1. The van der Waals surface area contributed by atoms with Gasteiger partial charge in [-0.3, -0.25) is 14.7 Å². The summed E-state index contributed by atoms with van der Waals surface area (Å²) in [5, 5.41) is 3.63. The van der Waals surface area contributed by atoms with Crippen molar-refractivity contribution in [2.24, 2.45) is 16.8 Å². The summed E-state index contributed by atoms with van der Waals surface area (Å²) in [5.74, 6) is 1.59. The van der Waals surface area contributed by atoms with E-state index >= 15 is 0 Å². The fraction of sp³-hybridized carbons (Fsp3) is 0.905. The number of nitrogens with one attached hydrogen (secondary N) is 1. The van der Waals surface area contributed by atoms with Gasteiger partial charge >= 0.3 is 5.97 Å². The van der Waals surface area contributed by atoms with Gasteiger partial charge in [0.1, 0.15) is 0 Å². The number of likely N-dealkylation sites (tertiary alicyclic amines) is 1. The number of rotatable bonds is 8. The Kier molecular flexibility index (Phi) is 10.1. The molecular weight excluding hydrogens is 356 g/mol. The number of carbonyl (C=O) groups is 1. The first kappa shape index (κ1) is 22.9. The normalized spacial score (nSPS) is 21.0. The molecule has 2 aliphatic rings. The van der Waals surface area contributed by atoms with Gasteiger partial charge < -0.3 is 19.7 Å². The van der Waals surface area contributed by atoms with Crippen LogP contribution in [0.1, 0.15) is 46.5 Å². The van der Waals surface area contributed by atoms with E-state index in [-0.39, 0.29) is 11.9 Å². The Balaban J connectivity index is 1.90. The lowest BCUT2D eigenvalue weighted by atomic mass is 9.92. The van der Waals surface area contributed by atoms with Crippen LogP contribution in [0.3, 0.4) is 0 Å². The zero-order valence-corrected chi connectivity index (χ0v) is 18.3. The largest absolute Gasteiger partial charge is 0.466 e. The molecule has 0 radical (unpaired) electrons. The average Bonchev–Trinajstić information content (AvgIpc) is 2.74. The highest BCUT2D eigenvalue weighted by Gasteiger charge is 2.30. The number of morpholine rings is 1. The molecule has 28 heavy (non-hydrogen) atoms. The molecule has 0 aromatic carbocycles. The van der Waals surface area contributed by atoms with Crippen molar-refractivity contribution >= 4 is 11.9 Å². The van der Waals surface area contributed by atoms with E-state index < -0.39 is 0 Å². The van der Waals surface area contributed by atoms with Gasteiger partial charge in [0.2, 0.25) is 0 Å². The predicted molar refractivity (Wildman–Crippen MR) is 113 cm³/mol. The van der Waals surface area contributed by atoms with Crippen LogP contribution in [0.5, 0.6) is 0 Å². The summed E-state index contributed by atoms with van der Waals surface area (Å²) >= 11 is 0. The summed E-state index contributed by atoms with van der Waals surface area (Å²) in [6.07, 6.45) is 4.03. The monoisotopic (exact) mass is 396 g/mol. The molecule has 0 aromatic rings. The molecule has 2 fully saturated rings. The minimum Gasteiger partial charge on any atom is -0.466 e. The lowest BCUT2D eigenvalue weighted by molar-refractivity contribution is -0.149. The molecule has 0 saturated carbocycles. The topological polar surface area (TPSA) is 66.4 Å². The smallest absolute Gasteiger partial charge is 0.309 e. The Hall–Kier alpha value is -1.34. The molecule has 0 spiro atoms. The van der Waals surface area contributed by atoms with Gasteiger partial charge in [0.25, 0.3) is 0 Å². The maximum absolute atomic E-state index is 12.0. The van der Waals surface area contributed by atoms with Crippen molar-refractivity contribution in [2.75, 3.05) is 59.6 Å². The van der Waals surface area contributed by atoms with Crippen molar-refractivity contribution in [3.05, 3.63) is 0 Å². The summed E-state index contributed by atoms with van der Waals surface area (Å²) < 4.78 is 10.7. The molecule has 1 unspecified atom stereocenters. The number of nitrogens with zero attached hydrogens (tertiary/aromatic N) is 3.